The monoisotopic (exact) mass is 443 g/mol. The van der Waals surface area contributed by atoms with Gasteiger partial charge in [0.1, 0.15) is 6.04 Å². The summed E-state index contributed by atoms with van der Waals surface area (Å²) in [5.41, 5.74) is 1.11. The molecular weight excluding hydrogens is 414 g/mol. The standard InChI is InChI=1S/C23H29N3O4S/c1-16(2)26(3)31(29,30)20-11-7-10-18(15-20)22(27)25-21(23(28)24-19-12-13-19)14-17-8-5-4-6-9-17/h4-11,15-16,19,21H,12-14H2,1-3H3,(H,24,28)(H,25,27). The molecule has 2 N–H and O–H groups in total. The Bertz CT molecular complexity index is 1030. The first-order chi connectivity index (χ1) is 14.7. The lowest BCUT2D eigenvalue weighted by Crippen LogP contribution is -2.48. The van der Waals surface area contributed by atoms with Crippen LogP contribution in [0.3, 0.4) is 0 Å². The van der Waals surface area contributed by atoms with Gasteiger partial charge in [0, 0.05) is 31.1 Å². The maximum Gasteiger partial charge on any atom is 0.251 e. The van der Waals surface area contributed by atoms with Crippen molar-refractivity contribution in [3.05, 3.63) is 65.7 Å². The van der Waals surface area contributed by atoms with Crippen LogP contribution in [0.2, 0.25) is 0 Å². The number of carbonyl (C=O) groups excluding carboxylic acids is 2. The summed E-state index contributed by atoms with van der Waals surface area (Å²) in [6.45, 7) is 3.56. The van der Waals surface area contributed by atoms with E-state index in [1.165, 1.54) is 29.6 Å². The third-order valence-electron chi connectivity index (χ3n) is 5.33. The molecule has 3 rings (SSSR count). The van der Waals surface area contributed by atoms with Crippen molar-refractivity contribution < 1.29 is 18.0 Å². The number of amides is 2. The van der Waals surface area contributed by atoms with Crippen molar-refractivity contribution in [1.29, 1.82) is 0 Å². The fourth-order valence-electron chi connectivity index (χ4n) is 3.07. The van der Waals surface area contributed by atoms with Crippen LogP contribution in [-0.4, -0.2) is 49.7 Å². The van der Waals surface area contributed by atoms with Gasteiger partial charge >= 0.3 is 0 Å². The van der Waals surface area contributed by atoms with Gasteiger partial charge < -0.3 is 10.6 Å². The first-order valence-corrected chi connectivity index (χ1v) is 11.9. The SMILES string of the molecule is CC(C)N(C)S(=O)(=O)c1cccc(C(=O)NC(Cc2ccccc2)C(=O)NC2CC2)c1. The molecule has 31 heavy (non-hydrogen) atoms. The van der Waals surface area contributed by atoms with Crippen molar-refractivity contribution in [1.82, 2.24) is 14.9 Å². The van der Waals surface area contributed by atoms with Crippen molar-refractivity contribution in [2.75, 3.05) is 7.05 Å². The molecule has 2 aromatic rings. The zero-order valence-electron chi connectivity index (χ0n) is 18.0. The highest BCUT2D eigenvalue weighted by Gasteiger charge is 2.29. The predicted molar refractivity (Wildman–Crippen MR) is 119 cm³/mol. The van der Waals surface area contributed by atoms with Gasteiger partial charge in [-0.3, -0.25) is 9.59 Å². The molecule has 1 fully saturated rings. The van der Waals surface area contributed by atoms with Crippen molar-refractivity contribution >= 4 is 21.8 Å². The molecule has 166 valence electrons. The number of hydrogen-bond donors (Lipinski definition) is 2. The Hall–Kier alpha value is -2.71. The van der Waals surface area contributed by atoms with E-state index in [1.807, 2.05) is 30.3 Å². The van der Waals surface area contributed by atoms with E-state index in [2.05, 4.69) is 10.6 Å². The Morgan fingerprint density at radius 2 is 1.74 bits per heavy atom. The van der Waals surface area contributed by atoms with Crippen LogP contribution in [0.15, 0.2) is 59.5 Å². The van der Waals surface area contributed by atoms with Crippen LogP contribution < -0.4 is 10.6 Å². The van der Waals surface area contributed by atoms with Crippen molar-refractivity contribution in [3.63, 3.8) is 0 Å². The van der Waals surface area contributed by atoms with Crippen LogP contribution >= 0.6 is 0 Å². The Labute approximate surface area is 183 Å². The maximum absolute atomic E-state index is 12.9. The Kier molecular flexibility index (Phi) is 7.12. The zero-order valence-corrected chi connectivity index (χ0v) is 18.9. The molecule has 8 heteroatoms. The average molecular weight is 444 g/mol. The zero-order chi connectivity index (χ0) is 22.6. The molecule has 1 aliphatic rings. The lowest BCUT2D eigenvalue weighted by atomic mass is 10.0. The number of hydrogen-bond acceptors (Lipinski definition) is 4. The molecule has 1 aliphatic carbocycles. The molecule has 0 radical (unpaired) electrons. The summed E-state index contributed by atoms with van der Waals surface area (Å²) in [5, 5.41) is 5.72. The second-order valence-corrected chi connectivity index (χ2v) is 10.1. The summed E-state index contributed by atoms with van der Waals surface area (Å²) in [6.07, 6.45) is 2.24. The second kappa shape index (κ2) is 9.62. The topological polar surface area (TPSA) is 95.6 Å². The molecule has 7 nitrogen and oxygen atoms in total. The number of rotatable bonds is 9. The highest BCUT2D eigenvalue weighted by molar-refractivity contribution is 7.89. The third-order valence-corrected chi connectivity index (χ3v) is 7.36. The Morgan fingerprint density at radius 3 is 2.35 bits per heavy atom. The highest BCUT2D eigenvalue weighted by Crippen LogP contribution is 2.20. The minimum absolute atomic E-state index is 0.0402. The number of benzene rings is 2. The average Bonchev–Trinajstić information content (AvgIpc) is 3.57. The van der Waals surface area contributed by atoms with Crippen LogP contribution in [0.25, 0.3) is 0 Å². The summed E-state index contributed by atoms with van der Waals surface area (Å²) < 4.78 is 26.8. The minimum atomic E-state index is -3.72. The van der Waals surface area contributed by atoms with Gasteiger partial charge in [0.25, 0.3) is 5.91 Å². The maximum atomic E-state index is 12.9. The molecule has 0 saturated heterocycles. The summed E-state index contributed by atoms with van der Waals surface area (Å²) in [7, 11) is -2.22. The molecule has 0 spiro atoms. The quantitative estimate of drug-likeness (QED) is 0.622. The normalized spacial score (nSPS) is 15.0. The smallest absolute Gasteiger partial charge is 0.251 e. The molecule has 1 saturated carbocycles. The van der Waals surface area contributed by atoms with E-state index in [-0.39, 0.29) is 28.4 Å². The van der Waals surface area contributed by atoms with Gasteiger partial charge in [-0.2, -0.15) is 4.31 Å². The summed E-state index contributed by atoms with van der Waals surface area (Å²) >= 11 is 0. The van der Waals surface area contributed by atoms with Crippen LogP contribution in [-0.2, 0) is 21.2 Å². The van der Waals surface area contributed by atoms with Crippen molar-refractivity contribution in [2.24, 2.45) is 0 Å². The van der Waals surface area contributed by atoms with Gasteiger partial charge in [-0.1, -0.05) is 36.4 Å². The van der Waals surface area contributed by atoms with Gasteiger partial charge in [0.15, 0.2) is 0 Å². The number of carbonyl (C=O) groups is 2. The molecule has 1 unspecified atom stereocenters. The van der Waals surface area contributed by atoms with E-state index in [1.54, 1.807) is 19.9 Å². The van der Waals surface area contributed by atoms with Gasteiger partial charge in [-0.25, -0.2) is 8.42 Å². The molecule has 0 heterocycles. The summed E-state index contributed by atoms with van der Waals surface area (Å²) in [5.74, 6) is -0.723. The molecule has 2 aromatic carbocycles. The van der Waals surface area contributed by atoms with Gasteiger partial charge in [-0.15, -0.1) is 0 Å². The van der Waals surface area contributed by atoms with Crippen LogP contribution in [0.5, 0.6) is 0 Å². The van der Waals surface area contributed by atoms with Crippen LogP contribution in [0, 0.1) is 0 Å². The number of sulfonamides is 1. The summed E-state index contributed by atoms with van der Waals surface area (Å²) in [4.78, 5) is 25.7. The van der Waals surface area contributed by atoms with E-state index in [0.717, 1.165) is 18.4 Å². The largest absolute Gasteiger partial charge is 0.352 e. The van der Waals surface area contributed by atoms with E-state index in [4.69, 9.17) is 0 Å². The van der Waals surface area contributed by atoms with Gasteiger partial charge in [0.05, 0.1) is 4.90 Å². The number of nitrogens with zero attached hydrogens (tertiary/aromatic N) is 1. The molecule has 1 atom stereocenters. The summed E-state index contributed by atoms with van der Waals surface area (Å²) in [6, 6.07) is 14.5. The first-order valence-electron chi connectivity index (χ1n) is 10.4. The highest BCUT2D eigenvalue weighted by atomic mass is 32.2. The minimum Gasteiger partial charge on any atom is -0.352 e. The molecule has 2 amide bonds. The van der Waals surface area contributed by atoms with Crippen LogP contribution in [0.4, 0.5) is 0 Å². The number of nitrogens with one attached hydrogen (secondary N) is 2. The lowest BCUT2D eigenvalue weighted by molar-refractivity contribution is -0.123. The second-order valence-electron chi connectivity index (χ2n) is 8.14. The molecule has 0 bridgehead atoms. The van der Waals surface area contributed by atoms with Crippen molar-refractivity contribution in [2.45, 2.75) is 56.1 Å². The third kappa shape index (κ3) is 5.92. The van der Waals surface area contributed by atoms with Gasteiger partial charge in [0.2, 0.25) is 15.9 Å². The molecular formula is C23H29N3O4S. The Morgan fingerprint density at radius 1 is 1.06 bits per heavy atom. The van der Waals surface area contributed by atoms with E-state index in [0.29, 0.717) is 6.42 Å². The Balaban J connectivity index is 1.80. The molecule has 0 aliphatic heterocycles. The van der Waals surface area contributed by atoms with Gasteiger partial charge in [-0.05, 0) is 50.5 Å². The fraction of sp³-hybridized carbons (Fsp3) is 0.391. The van der Waals surface area contributed by atoms with E-state index >= 15 is 0 Å². The van der Waals surface area contributed by atoms with E-state index < -0.39 is 22.0 Å². The lowest BCUT2D eigenvalue weighted by Gasteiger charge is -2.21. The fourth-order valence-corrected chi connectivity index (χ4v) is 4.49. The first kappa shape index (κ1) is 23.0. The molecule has 0 aromatic heterocycles. The predicted octanol–water partition coefficient (Wildman–Crippen LogP) is 2.34. The van der Waals surface area contributed by atoms with E-state index in [9.17, 15) is 18.0 Å². The van der Waals surface area contributed by atoms with Crippen LogP contribution in [0.1, 0.15) is 42.6 Å². The van der Waals surface area contributed by atoms with Crippen molar-refractivity contribution in [3.8, 4) is 0 Å².